The van der Waals surface area contributed by atoms with Crippen LogP contribution in [0.4, 0.5) is 0 Å². The van der Waals surface area contributed by atoms with E-state index >= 15 is 0 Å². The lowest BCUT2D eigenvalue weighted by molar-refractivity contribution is 0.0848. The van der Waals surface area contributed by atoms with E-state index in [0.29, 0.717) is 11.1 Å². The summed E-state index contributed by atoms with van der Waals surface area (Å²) in [6.45, 7) is 0. The molecule has 6 nitrogen and oxygen atoms in total. The average molecular weight is 318 g/mol. The zero-order valence-corrected chi connectivity index (χ0v) is 11.9. The second-order valence-corrected chi connectivity index (χ2v) is 6.34. The van der Waals surface area contributed by atoms with E-state index in [-0.39, 0.29) is 16.9 Å². The maximum absolute atomic E-state index is 12.3. The number of ketones is 2. The largest absolute Gasteiger partial charge is 0.369 e. The number of hydrogen-bond donors (Lipinski definition) is 2. The molecule has 0 unspecified atom stereocenters. The molecule has 0 amide bonds. The van der Waals surface area contributed by atoms with Gasteiger partial charge in [-0.05, 0) is 17.2 Å². The summed E-state index contributed by atoms with van der Waals surface area (Å²) < 4.78 is 30.4. The van der Waals surface area contributed by atoms with E-state index in [1.54, 1.807) is 24.3 Å². The third-order valence-electron chi connectivity index (χ3n) is 3.52. The number of benzene rings is 2. The molecule has 0 heterocycles. The normalized spacial score (nSPS) is 14.4. The SMILES string of the molecule is O=C1c2ccccc2-c2ccc(C(=O)[C@@H](O)S(=O)(=O)O)cc21. The van der Waals surface area contributed by atoms with Crippen LogP contribution in [0, 0.1) is 0 Å². The molecule has 0 saturated heterocycles. The summed E-state index contributed by atoms with van der Waals surface area (Å²) in [5.74, 6) is -1.46. The minimum absolute atomic E-state index is 0.162. The molecular weight excluding hydrogens is 308 g/mol. The molecule has 2 aromatic carbocycles. The summed E-state index contributed by atoms with van der Waals surface area (Å²) in [4.78, 5) is 24.2. The summed E-state index contributed by atoms with van der Waals surface area (Å²) in [5, 5.41) is 9.32. The fourth-order valence-corrected chi connectivity index (χ4v) is 2.87. The van der Waals surface area contributed by atoms with Gasteiger partial charge in [-0.1, -0.05) is 36.4 Å². The van der Waals surface area contributed by atoms with Crippen molar-refractivity contribution >= 4 is 21.7 Å². The molecule has 0 spiro atoms. The van der Waals surface area contributed by atoms with E-state index < -0.39 is 21.3 Å². The zero-order chi connectivity index (χ0) is 16.1. The van der Waals surface area contributed by atoms with Crippen molar-refractivity contribution < 1.29 is 27.7 Å². The van der Waals surface area contributed by atoms with Crippen LogP contribution in [0.3, 0.4) is 0 Å². The molecule has 1 aliphatic carbocycles. The van der Waals surface area contributed by atoms with Crippen LogP contribution < -0.4 is 0 Å². The molecule has 0 fully saturated rings. The first-order valence-corrected chi connectivity index (χ1v) is 7.78. The van der Waals surface area contributed by atoms with Gasteiger partial charge in [0.05, 0.1) is 0 Å². The molecule has 7 heteroatoms. The van der Waals surface area contributed by atoms with Crippen LogP contribution in [-0.4, -0.2) is 35.1 Å². The van der Waals surface area contributed by atoms with Crippen molar-refractivity contribution in [1.29, 1.82) is 0 Å². The van der Waals surface area contributed by atoms with E-state index in [0.717, 1.165) is 5.56 Å². The monoisotopic (exact) mass is 318 g/mol. The van der Waals surface area contributed by atoms with Gasteiger partial charge in [0.15, 0.2) is 5.78 Å². The summed E-state index contributed by atoms with van der Waals surface area (Å²) in [6, 6.07) is 11.0. The average Bonchev–Trinajstić information content (AvgIpc) is 2.78. The molecule has 3 rings (SSSR count). The van der Waals surface area contributed by atoms with Gasteiger partial charge in [0, 0.05) is 16.7 Å². The maximum Gasteiger partial charge on any atom is 0.299 e. The molecule has 2 aromatic rings. The highest BCUT2D eigenvalue weighted by atomic mass is 32.2. The van der Waals surface area contributed by atoms with E-state index in [4.69, 9.17) is 4.55 Å². The predicted molar refractivity (Wildman–Crippen MR) is 77.2 cm³/mol. The molecule has 0 bridgehead atoms. The minimum Gasteiger partial charge on any atom is -0.369 e. The highest BCUT2D eigenvalue weighted by Crippen LogP contribution is 2.36. The van der Waals surface area contributed by atoms with Crippen LogP contribution in [0.15, 0.2) is 42.5 Å². The van der Waals surface area contributed by atoms with Crippen molar-refractivity contribution in [1.82, 2.24) is 0 Å². The molecule has 22 heavy (non-hydrogen) atoms. The Morgan fingerprint density at radius 3 is 2.18 bits per heavy atom. The number of hydrogen-bond acceptors (Lipinski definition) is 5. The molecule has 0 radical (unpaired) electrons. The van der Waals surface area contributed by atoms with Gasteiger partial charge in [-0.15, -0.1) is 0 Å². The number of rotatable bonds is 3. The van der Waals surface area contributed by atoms with Crippen molar-refractivity contribution in [3.8, 4) is 11.1 Å². The van der Waals surface area contributed by atoms with Gasteiger partial charge in [0.25, 0.3) is 10.1 Å². The second kappa shape index (κ2) is 4.84. The molecule has 0 aliphatic heterocycles. The number of carbonyl (C=O) groups excluding carboxylic acids is 2. The summed E-state index contributed by atoms with van der Waals surface area (Å²) in [7, 11) is -4.91. The molecule has 0 aromatic heterocycles. The Bertz CT molecular complexity index is 913. The highest BCUT2D eigenvalue weighted by molar-refractivity contribution is 7.87. The van der Waals surface area contributed by atoms with Crippen molar-refractivity contribution in [3.05, 3.63) is 59.2 Å². The number of fused-ring (bicyclic) bond motifs is 3. The lowest BCUT2D eigenvalue weighted by atomic mass is 10.0. The van der Waals surface area contributed by atoms with Gasteiger partial charge in [0.2, 0.25) is 11.2 Å². The summed E-state index contributed by atoms with van der Waals surface area (Å²) in [5.41, 5.74) is -0.600. The Morgan fingerprint density at radius 2 is 1.55 bits per heavy atom. The summed E-state index contributed by atoms with van der Waals surface area (Å²) in [6.07, 6.45) is 0. The standard InChI is InChI=1S/C15H10O6S/c16-13(15(18)22(19,20)21)8-5-6-10-9-3-1-2-4-11(9)14(17)12(10)7-8/h1-7,15,18H,(H,19,20,21)/t15-/m0/s1. The fourth-order valence-electron chi connectivity index (χ4n) is 2.46. The number of carbonyl (C=O) groups is 2. The minimum atomic E-state index is -4.91. The van der Waals surface area contributed by atoms with Gasteiger partial charge in [0.1, 0.15) is 0 Å². The van der Waals surface area contributed by atoms with Gasteiger partial charge in [-0.25, -0.2) is 0 Å². The predicted octanol–water partition coefficient (Wildman–Crippen LogP) is 1.29. The number of aliphatic hydroxyl groups excluding tert-OH is 1. The fraction of sp³-hybridized carbons (Fsp3) is 0.0667. The first kappa shape index (κ1) is 14.6. The van der Waals surface area contributed by atoms with Crippen LogP contribution in [0.25, 0.3) is 11.1 Å². The van der Waals surface area contributed by atoms with Crippen LogP contribution >= 0.6 is 0 Å². The topological polar surface area (TPSA) is 109 Å². The Labute approximate surface area is 125 Å². The summed E-state index contributed by atoms with van der Waals surface area (Å²) >= 11 is 0. The lowest BCUT2D eigenvalue weighted by Gasteiger charge is -2.07. The van der Waals surface area contributed by atoms with E-state index in [1.165, 1.54) is 18.2 Å². The van der Waals surface area contributed by atoms with Crippen molar-refractivity contribution in [2.75, 3.05) is 0 Å². The van der Waals surface area contributed by atoms with Gasteiger partial charge in [-0.2, -0.15) is 8.42 Å². The Balaban J connectivity index is 2.08. The van der Waals surface area contributed by atoms with Crippen LogP contribution in [-0.2, 0) is 10.1 Å². The third-order valence-corrected chi connectivity index (χ3v) is 4.30. The van der Waals surface area contributed by atoms with E-state index in [2.05, 4.69) is 0 Å². The first-order valence-electron chi connectivity index (χ1n) is 6.27. The third kappa shape index (κ3) is 2.16. The molecule has 2 N–H and O–H groups in total. The lowest BCUT2D eigenvalue weighted by Crippen LogP contribution is -2.29. The zero-order valence-electron chi connectivity index (χ0n) is 11.1. The van der Waals surface area contributed by atoms with Crippen LogP contribution in [0.2, 0.25) is 0 Å². The van der Waals surface area contributed by atoms with E-state index in [1.807, 2.05) is 0 Å². The quantitative estimate of drug-likeness (QED) is 0.556. The number of aliphatic hydroxyl groups is 1. The van der Waals surface area contributed by atoms with Crippen molar-refractivity contribution in [2.24, 2.45) is 0 Å². The Hall–Kier alpha value is -2.35. The van der Waals surface area contributed by atoms with Gasteiger partial charge < -0.3 is 5.11 Å². The van der Waals surface area contributed by atoms with Crippen LogP contribution in [0.5, 0.6) is 0 Å². The Kier molecular flexibility index (Phi) is 3.21. The van der Waals surface area contributed by atoms with Crippen molar-refractivity contribution in [3.63, 3.8) is 0 Å². The molecular formula is C15H10O6S. The molecule has 1 aliphatic rings. The molecule has 112 valence electrons. The number of Topliss-reactive ketones (excluding diaryl/α,β-unsaturated/α-hetero) is 1. The smallest absolute Gasteiger partial charge is 0.299 e. The second-order valence-electron chi connectivity index (χ2n) is 4.87. The highest BCUT2D eigenvalue weighted by Gasteiger charge is 2.32. The molecule has 1 atom stereocenters. The van der Waals surface area contributed by atoms with Gasteiger partial charge in [-0.3, -0.25) is 14.1 Å². The van der Waals surface area contributed by atoms with E-state index in [9.17, 15) is 23.1 Å². The van der Waals surface area contributed by atoms with Crippen LogP contribution in [0.1, 0.15) is 26.3 Å². The van der Waals surface area contributed by atoms with Crippen molar-refractivity contribution in [2.45, 2.75) is 5.44 Å². The Morgan fingerprint density at radius 1 is 0.955 bits per heavy atom. The molecule has 0 saturated carbocycles. The first-order chi connectivity index (χ1) is 10.3. The van der Waals surface area contributed by atoms with Gasteiger partial charge >= 0.3 is 0 Å². The maximum atomic E-state index is 12.3.